The Bertz CT molecular complexity index is 419. The quantitative estimate of drug-likeness (QED) is 0.847. The number of halogens is 2. The second-order valence-corrected chi connectivity index (χ2v) is 5.48. The van der Waals surface area contributed by atoms with E-state index in [1.54, 1.807) is 12.1 Å². The Morgan fingerprint density at radius 1 is 1.33 bits per heavy atom. The Labute approximate surface area is 132 Å². The van der Waals surface area contributed by atoms with Crippen LogP contribution in [0.1, 0.15) is 31.2 Å². The Hall–Kier alpha value is -1.13. The minimum Gasteiger partial charge on any atom is -0.356 e. The average molecular weight is 315 g/mol. The molecule has 1 saturated heterocycles. The summed E-state index contributed by atoms with van der Waals surface area (Å²) in [5.74, 6) is 0.540. The molecule has 0 radical (unpaired) electrons. The first-order valence-corrected chi connectivity index (χ1v) is 7.46. The summed E-state index contributed by atoms with van der Waals surface area (Å²) in [6.45, 7) is 2.96. The molecule has 21 heavy (non-hydrogen) atoms. The van der Waals surface area contributed by atoms with Gasteiger partial charge in [0.2, 0.25) is 5.91 Å². The van der Waals surface area contributed by atoms with E-state index in [4.69, 9.17) is 0 Å². The third kappa shape index (κ3) is 6.91. The fourth-order valence-electron chi connectivity index (χ4n) is 2.58. The van der Waals surface area contributed by atoms with E-state index in [2.05, 4.69) is 10.6 Å². The molecule has 0 bridgehead atoms. The van der Waals surface area contributed by atoms with Crippen molar-refractivity contribution in [2.24, 2.45) is 5.92 Å². The van der Waals surface area contributed by atoms with Crippen molar-refractivity contribution in [1.29, 1.82) is 0 Å². The molecule has 1 aliphatic heterocycles. The molecule has 0 saturated carbocycles. The van der Waals surface area contributed by atoms with Gasteiger partial charge in [0.05, 0.1) is 0 Å². The summed E-state index contributed by atoms with van der Waals surface area (Å²) in [4.78, 5) is 11.7. The van der Waals surface area contributed by atoms with E-state index in [0.717, 1.165) is 31.6 Å². The van der Waals surface area contributed by atoms with Gasteiger partial charge in [-0.3, -0.25) is 4.79 Å². The molecule has 0 aromatic heterocycles. The topological polar surface area (TPSA) is 41.1 Å². The lowest BCUT2D eigenvalue weighted by Crippen LogP contribution is -2.33. The third-order valence-electron chi connectivity index (χ3n) is 3.83. The van der Waals surface area contributed by atoms with Gasteiger partial charge in [-0.25, -0.2) is 4.39 Å². The number of hydrogen-bond donors (Lipinski definition) is 2. The van der Waals surface area contributed by atoms with Crippen LogP contribution in [0.3, 0.4) is 0 Å². The molecule has 1 unspecified atom stereocenters. The van der Waals surface area contributed by atoms with Gasteiger partial charge in [0.25, 0.3) is 0 Å². The van der Waals surface area contributed by atoms with Crippen LogP contribution in [0.15, 0.2) is 24.3 Å². The van der Waals surface area contributed by atoms with Crippen LogP contribution in [0.5, 0.6) is 0 Å². The molecular weight excluding hydrogens is 291 g/mol. The van der Waals surface area contributed by atoms with Gasteiger partial charge in [-0.1, -0.05) is 12.1 Å². The Kier molecular flexibility index (Phi) is 8.31. The number of hydrogen-bond acceptors (Lipinski definition) is 2. The SMILES string of the molecule is Cl.O=C(CCc1ccc(F)cc1)NCCC1CCCNC1. The van der Waals surface area contributed by atoms with Crippen molar-refractivity contribution in [2.45, 2.75) is 32.1 Å². The summed E-state index contributed by atoms with van der Waals surface area (Å²) >= 11 is 0. The number of benzene rings is 1. The van der Waals surface area contributed by atoms with Crippen LogP contribution >= 0.6 is 12.4 Å². The van der Waals surface area contributed by atoms with Crippen molar-refractivity contribution in [3.05, 3.63) is 35.6 Å². The minimum absolute atomic E-state index is 0. The Balaban J connectivity index is 0.00000220. The molecule has 1 aromatic rings. The van der Waals surface area contributed by atoms with Gasteiger partial charge in [-0.05, 0) is 62.4 Å². The van der Waals surface area contributed by atoms with E-state index in [9.17, 15) is 9.18 Å². The van der Waals surface area contributed by atoms with Crippen molar-refractivity contribution >= 4 is 18.3 Å². The molecule has 1 amide bonds. The van der Waals surface area contributed by atoms with E-state index in [-0.39, 0.29) is 24.1 Å². The highest BCUT2D eigenvalue weighted by atomic mass is 35.5. The molecule has 2 N–H and O–H groups in total. The van der Waals surface area contributed by atoms with Gasteiger partial charge in [-0.15, -0.1) is 12.4 Å². The van der Waals surface area contributed by atoms with Gasteiger partial charge in [-0.2, -0.15) is 0 Å². The maximum atomic E-state index is 12.7. The summed E-state index contributed by atoms with van der Waals surface area (Å²) in [7, 11) is 0. The van der Waals surface area contributed by atoms with E-state index in [1.165, 1.54) is 25.0 Å². The second kappa shape index (κ2) is 9.74. The molecule has 0 spiro atoms. The van der Waals surface area contributed by atoms with Crippen LogP contribution in [0.4, 0.5) is 4.39 Å². The number of nitrogens with one attached hydrogen (secondary N) is 2. The highest BCUT2D eigenvalue weighted by Gasteiger charge is 2.12. The smallest absolute Gasteiger partial charge is 0.220 e. The van der Waals surface area contributed by atoms with Crippen LogP contribution in [-0.2, 0) is 11.2 Å². The fraction of sp³-hybridized carbons (Fsp3) is 0.562. The first-order valence-electron chi connectivity index (χ1n) is 7.46. The van der Waals surface area contributed by atoms with Crippen molar-refractivity contribution in [2.75, 3.05) is 19.6 Å². The van der Waals surface area contributed by atoms with Crippen molar-refractivity contribution < 1.29 is 9.18 Å². The molecule has 0 aliphatic carbocycles. The van der Waals surface area contributed by atoms with Gasteiger partial charge < -0.3 is 10.6 Å². The molecule has 1 aliphatic rings. The zero-order valence-electron chi connectivity index (χ0n) is 12.2. The largest absolute Gasteiger partial charge is 0.356 e. The van der Waals surface area contributed by atoms with Crippen LogP contribution in [0.25, 0.3) is 0 Å². The molecule has 2 rings (SSSR count). The van der Waals surface area contributed by atoms with Gasteiger partial charge in [0.1, 0.15) is 5.82 Å². The van der Waals surface area contributed by atoms with E-state index < -0.39 is 0 Å². The van der Waals surface area contributed by atoms with Crippen LogP contribution < -0.4 is 10.6 Å². The molecule has 1 aromatic carbocycles. The number of carbonyl (C=O) groups is 1. The van der Waals surface area contributed by atoms with Crippen LogP contribution in [0.2, 0.25) is 0 Å². The number of piperidine rings is 1. The molecule has 118 valence electrons. The summed E-state index contributed by atoms with van der Waals surface area (Å²) in [6.07, 6.45) is 4.68. The summed E-state index contributed by atoms with van der Waals surface area (Å²) in [5, 5.41) is 6.35. The standard InChI is InChI=1S/C16H23FN2O.ClH/c17-15-6-3-13(4-7-15)5-8-16(20)19-11-9-14-2-1-10-18-12-14;/h3-4,6-7,14,18H,1-2,5,8-12H2,(H,19,20);1H. The van der Waals surface area contributed by atoms with Crippen molar-refractivity contribution in [3.8, 4) is 0 Å². The molecule has 1 atom stereocenters. The molecule has 3 nitrogen and oxygen atoms in total. The first kappa shape index (κ1) is 17.9. The summed E-state index contributed by atoms with van der Waals surface area (Å²) in [6, 6.07) is 6.33. The lowest BCUT2D eigenvalue weighted by Gasteiger charge is -2.22. The Morgan fingerprint density at radius 3 is 2.76 bits per heavy atom. The van der Waals surface area contributed by atoms with Gasteiger partial charge in [0.15, 0.2) is 0 Å². The first-order chi connectivity index (χ1) is 9.74. The summed E-state index contributed by atoms with van der Waals surface area (Å²) < 4.78 is 12.7. The number of amides is 1. The normalized spacial score (nSPS) is 17.9. The van der Waals surface area contributed by atoms with Gasteiger partial charge in [0, 0.05) is 13.0 Å². The lowest BCUT2D eigenvalue weighted by molar-refractivity contribution is -0.121. The fourth-order valence-corrected chi connectivity index (χ4v) is 2.58. The summed E-state index contributed by atoms with van der Waals surface area (Å²) in [5.41, 5.74) is 0.998. The molecular formula is C16H24ClFN2O. The molecule has 1 fully saturated rings. The van der Waals surface area contributed by atoms with E-state index in [0.29, 0.717) is 18.8 Å². The number of aryl methyl sites for hydroxylation is 1. The molecule has 1 heterocycles. The van der Waals surface area contributed by atoms with Crippen molar-refractivity contribution in [1.82, 2.24) is 10.6 Å². The second-order valence-electron chi connectivity index (χ2n) is 5.48. The van der Waals surface area contributed by atoms with E-state index in [1.807, 2.05) is 0 Å². The van der Waals surface area contributed by atoms with Crippen molar-refractivity contribution in [3.63, 3.8) is 0 Å². The zero-order chi connectivity index (χ0) is 14.2. The predicted molar refractivity (Wildman–Crippen MR) is 85.2 cm³/mol. The minimum atomic E-state index is -0.237. The number of carbonyl (C=O) groups excluding carboxylic acids is 1. The zero-order valence-corrected chi connectivity index (χ0v) is 13.1. The van der Waals surface area contributed by atoms with Gasteiger partial charge >= 0.3 is 0 Å². The predicted octanol–water partition coefficient (Wildman–Crippen LogP) is 2.69. The van der Waals surface area contributed by atoms with E-state index >= 15 is 0 Å². The number of rotatable bonds is 6. The molecule has 5 heteroatoms. The van der Waals surface area contributed by atoms with Crippen LogP contribution in [-0.4, -0.2) is 25.5 Å². The third-order valence-corrected chi connectivity index (χ3v) is 3.83. The highest BCUT2D eigenvalue weighted by Crippen LogP contribution is 2.13. The highest BCUT2D eigenvalue weighted by molar-refractivity contribution is 5.85. The Morgan fingerprint density at radius 2 is 2.10 bits per heavy atom. The van der Waals surface area contributed by atoms with Crippen LogP contribution in [0, 0.1) is 11.7 Å². The lowest BCUT2D eigenvalue weighted by atomic mass is 9.96. The average Bonchev–Trinajstić information content (AvgIpc) is 2.48. The maximum absolute atomic E-state index is 12.7. The maximum Gasteiger partial charge on any atom is 0.220 e. The monoisotopic (exact) mass is 314 g/mol.